The predicted octanol–water partition coefficient (Wildman–Crippen LogP) is 1.62. The van der Waals surface area contributed by atoms with E-state index in [-0.39, 0.29) is 0 Å². The molecule has 0 atom stereocenters. The molecule has 0 bridgehead atoms. The van der Waals surface area contributed by atoms with Gasteiger partial charge in [-0.1, -0.05) is 18.2 Å². The van der Waals surface area contributed by atoms with E-state index in [4.69, 9.17) is 10.8 Å². The van der Waals surface area contributed by atoms with Gasteiger partial charge in [-0.3, -0.25) is 0 Å². The van der Waals surface area contributed by atoms with E-state index in [0.717, 1.165) is 12.1 Å². The summed E-state index contributed by atoms with van der Waals surface area (Å²) in [6.07, 6.45) is 8.58. The summed E-state index contributed by atoms with van der Waals surface area (Å²) in [5.41, 5.74) is 6.35. The van der Waals surface area contributed by atoms with Gasteiger partial charge in [-0.2, -0.15) is 0 Å². The second-order valence-corrected chi connectivity index (χ2v) is 2.27. The van der Waals surface area contributed by atoms with Crippen LogP contribution in [0.25, 0.3) is 0 Å². The lowest BCUT2D eigenvalue weighted by atomic mass is 10.2. The second kappa shape index (κ2) is 3.11. The van der Waals surface area contributed by atoms with Crippen molar-refractivity contribution in [2.24, 2.45) is 5.73 Å². The zero-order valence-corrected chi connectivity index (χ0v) is 5.75. The fourth-order valence-corrected chi connectivity index (χ4v) is 0.770. The van der Waals surface area contributed by atoms with Crippen LogP contribution in [0, 0.1) is 0 Å². The normalized spacial score (nSPS) is 32.4. The van der Waals surface area contributed by atoms with Crippen LogP contribution in [0.15, 0.2) is 35.8 Å². The van der Waals surface area contributed by atoms with Gasteiger partial charge in [-0.05, 0) is 6.08 Å². The first-order valence-electron chi connectivity index (χ1n) is 3.28. The van der Waals surface area contributed by atoms with E-state index in [2.05, 4.69) is 0 Å². The van der Waals surface area contributed by atoms with Crippen LogP contribution < -0.4 is 5.73 Å². The second-order valence-electron chi connectivity index (χ2n) is 2.27. The predicted molar refractivity (Wildman–Crippen MR) is 41.4 cm³/mol. The quantitative estimate of drug-likeness (QED) is 0.533. The molecule has 2 nitrogen and oxygen atoms in total. The van der Waals surface area contributed by atoms with Crippen LogP contribution in [0.2, 0.25) is 0 Å². The maximum Gasteiger partial charge on any atom is 0.0960 e. The molecule has 2 heteroatoms. The number of nitrogens with two attached hydrogens (primary N) is 1. The van der Waals surface area contributed by atoms with E-state index < -0.39 is 0 Å². The Morgan fingerprint density at radius 1 is 1.40 bits per heavy atom. The van der Waals surface area contributed by atoms with Gasteiger partial charge >= 0.3 is 0 Å². The lowest BCUT2D eigenvalue weighted by Gasteiger charge is -1.99. The van der Waals surface area contributed by atoms with Crippen molar-refractivity contribution in [1.29, 1.82) is 0 Å². The molecule has 1 rings (SSSR count). The molecule has 0 saturated heterocycles. The van der Waals surface area contributed by atoms with Crippen molar-refractivity contribution in [3.8, 4) is 0 Å². The van der Waals surface area contributed by atoms with Gasteiger partial charge in [0.05, 0.1) is 5.76 Å². The average molecular weight is 137 g/mol. The summed E-state index contributed by atoms with van der Waals surface area (Å²) in [6, 6.07) is 0. The third-order valence-electron chi connectivity index (χ3n) is 1.35. The molecule has 1 aliphatic carbocycles. The minimum absolute atomic E-state index is 0.360. The Bertz CT molecular complexity index is 201. The summed E-state index contributed by atoms with van der Waals surface area (Å²) in [5.74, 6) is 0.360. The molecular weight excluding hydrogens is 126 g/mol. The number of hydrogen-bond acceptors (Lipinski definition) is 2. The van der Waals surface area contributed by atoms with E-state index in [1.165, 1.54) is 0 Å². The van der Waals surface area contributed by atoms with Gasteiger partial charge in [-0.25, -0.2) is 0 Å². The van der Waals surface area contributed by atoms with E-state index in [0.29, 0.717) is 12.2 Å². The van der Waals surface area contributed by atoms with Crippen molar-refractivity contribution in [1.82, 2.24) is 0 Å². The first-order chi connectivity index (χ1) is 4.79. The largest absolute Gasteiger partial charge is 0.512 e. The topological polar surface area (TPSA) is 46.2 Å². The molecule has 0 aromatic rings. The molecule has 0 aromatic heterocycles. The highest BCUT2D eigenvalue weighted by atomic mass is 16.3. The van der Waals surface area contributed by atoms with E-state index in [1.807, 2.05) is 18.2 Å². The number of allylic oxidation sites excluding steroid dienone is 4. The number of aliphatic hydroxyl groups excluding tert-OH is 1. The zero-order chi connectivity index (χ0) is 7.40. The van der Waals surface area contributed by atoms with Gasteiger partial charge in [-0.15, -0.1) is 0 Å². The standard InChI is InChI=1S/C8H11NO/c9-7-3-1-2-4-8(10)6-5-7/h1-2,4-5,10H,3,6,9H2/b2-1-,7-5-,8-4-. The number of hydrogen-bond donors (Lipinski definition) is 2. The molecule has 3 N–H and O–H groups in total. The molecular formula is C8H11NO. The Morgan fingerprint density at radius 2 is 2.20 bits per heavy atom. The summed E-state index contributed by atoms with van der Waals surface area (Å²) in [4.78, 5) is 0. The average Bonchev–Trinajstić information content (AvgIpc) is 1.90. The summed E-state index contributed by atoms with van der Waals surface area (Å²) in [7, 11) is 0. The molecule has 0 aromatic carbocycles. The van der Waals surface area contributed by atoms with Crippen molar-refractivity contribution >= 4 is 0 Å². The highest BCUT2D eigenvalue weighted by Gasteiger charge is 1.92. The van der Waals surface area contributed by atoms with Gasteiger partial charge in [0.2, 0.25) is 0 Å². The summed E-state index contributed by atoms with van der Waals surface area (Å²) in [6.45, 7) is 0. The Balaban J connectivity index is 2.71. The Labute approximate surface area is 60.4 Å². The fraction of sp³-hybridized carbons (Fsp3) is 0.250. The Morgan fingerprint density at radius 3 is 3.00 bits per heavy atom. The monoisotopic (exact) mass is 137 g/mol. The molecule has 0 fully saturated rings. The van der Waals surface area contributed by atoms with Crippen molar-refractivity contribution in [3.05, 3.63) is 35.8 Å². The van der Waals surface area contributed by atoms with Gasteiger partial charge in [0.25, 0.3) is 0 Å². The van der Waals surface area contributed by atoms with Crippen LogP contribution in [0.4, 0.5) is 0 Å². The van der Waals surface area contributed by atoms with Crippen LogP contribution in [-0.2, 0) is 0 Å². The van der Waals surface area contributed by atoms with Crippen LogP contribution in [0.3, 0.4) is 0 Å². The Hall–Kier alpha value is -1.18. The smallest absolute Gasteiger partial charge is 0.0960 e. The van der Waals surface area contributed by atoms with E-state index in [9.17, 15) is 0 Å². The fourth-order valence-electron chi connectivity index (χ4n) is 0.770. The first kappa shape index (κ1) is 6.93. The van der Waals surface area contributed by atoms with Crippen LogP contribution >= 0.6 is 0 Å². The number of aliphatic hydroxyl groups is 1. The van der Waals surface area contributed by atoms with Gasteiger partial charge in [0, 0.05) is 18.5 Å². The van der Waals surface area contributed by atoms with E-state index in [1.54, 1.807) is 6.08 Å². The summed E-state index contributed by atoms with van der Waals surface area (Å²) >= 11 is 0. The lowest BCUT2D eigenvalue weighted by molar-refractivity contribution is 0.401. The van der Waals surface area contributed by atoms with Gasteiger partial charge in [0.1, 0.15) is 0 Å². The molecule has 10 heavy (non-hydrogen) atoms. The zero-order valence-electron chi connectivity index (χ0n) is 5.75. The van der Waals surface area contributed by atoms with Crippen molar-refractivity contribution < 1.29 is 5.11 Å². The van der Waals surface area contributed by atoms with Crippen LogP contribution in [0.5, 0.6) is 0 Å². The molecule has 0 radical (unpaired) electrons. The third kappa shape index (κ3) is 1.97. The SMILES string of the molecule is N/C1=C\C/C(O)=C/C=C\C1. The molecule has 0 spiro atoms. The number of rotatable bonds is 0. The summed E-state index contributed by atoms with van der Waals surface area (Å²) in [5, 5.41) is 9.04. The highest BCUT2D eigenvalue weighted by Crippen LogP contribution is 2.06. The molecule has 1 aliphatic rings. The van der Waals surface area contributed by atoms with Crippen molar-refractivity contribution in [3.63, 3.8) is 0 Å². The highest BCUT2D eigenvalue weighted by molar-refractivity contribution is 5.17. The molecule has 0 amide bonds. The molecule has 0 saturated carbocycles. The molecule has 0 heterocycles. The van der Waals surface area contributed by atoms with Crippen LogP contribution in [0.1, 0.15) is 12.8 Å². The summed E-state index contributed by atoms with van der Waals surface area (Å²) < 4.78 is 0. The maximum atomic E-state index is 9.04. The molecule has 0 aliphatic heterocycles. The van der Waals surface area contributed by atoms with Gasteiger partial charge < -0.3 is 10.8 Å². The van der Waals surface area contributed by atoms with Crippen molar-refractivity contribution in [2.45, 2.75) is 12.8 Å². The maximum absolute atomic E-state index is 9.04. The molecule has 54 valence electrons. The minimum Gasteiger partial charge on any atom is -0.512 e. The molecule has 0 unspecified atom stereocenters. The van der Waals surface area contributed by atoms with E-state index >= 15 is 0 Å². The Kier molecular flexibility index (Phi) is 2.15. The van der Waals surface area contributed by atoms with Crippen LogP contribution in [-0.4, -0.2) is 5.11 Å². The lowest BCUT2D eigenvalue weighted by Crippen LogP contribution is -1.96. The first-order valence-corrected chi connectivity index (χ1v) is 3.28. The minimum atomic E-state index is 0.360. The van der Waals surface area contributed by atoms with Gasteiger partial charge in [0.15, 0.2) is 0 Å². The van der Waals surface area contributed by atoms with Crippen molar-refractivity contribution in [2.75, 3.05) is 0 Å². The third-order valence-corrected chi connectivity index (χ3v) is 1.35.